The molecule has 2 unspecified atom stereocenters. The summed E-state index contributed by atoms with van der Waals surface area (Å²) >= 11 is 2.01. The average molecular weight is 269 g/mol. The fourth-order valence-corrected chi connectivity index (χ4v) is 2.79. The van der Waals surface area contributed by atoms with E-state index in [-0.39, 0.29) is 12.4 Å². The van der Waals surface area contributed by atoms with E-state index in [1.54, 1.807) is 7.11 Å². The average Bonchev–Trinajstić information content (AvgIpc) is 2.29. The van der Waals surface area contributed by atoms with Gasteiger partial charge >= 0.3 is 0 Å². The molecule has 0 aromatic heterocycles. The number of ether oxygens (including phenoxy) is 1. The second-order valence-corrected chi connectivity index (χ2v) is 5.40. The molecule has 1 aliphatic heterocycles. The first-order chi connectivity index (χ1) is 7.31. The number of nitrogens with two attached hydrogens (primary N) is 1. The van der Waals surface area contributed by atoms with E-state index in [0.717, 1.165) is 25.9 Å². The van der Waals surface area contributed by atoms with Crippen LogP contribution in [0.2, 0.25) is 0 Å². The SMILES string of the molecule is CCSCCN1CCC(OC)CC1CN.Cl. The lowest BCUT2D eigenvalue weighted by Crippen LogP contribution is -2.49. The van der Waals surface area contributed by atoms with Crippen LogP contribution >= 0.6 is 24.2 Å². The number of hydrogen-bond donors (Lipinski definition) is 1. The maximum absolute atomic E-state index is 5.81. The molecule has 0 aromatic carbocycles. The molecule has 0 aromatic rings. The molecule has 1 aliphatic rings. The molecule has 1 saturated heterocycles. The van der Waals surface area contributed by atoms with Gasteiger partial charge in [-0.2, -0.15) is 11.8 Å². The number of hydrogen-bond acceptors (Lipinski definition) is 4. The summed E-state index contributed by atoms with van der Waals surface area (Å²) < 4.78 is 5.41. The van der Waals surface area contributed by atoms with E-state index in [4.69, 9.17) is 10.5 Å². The molecule has 1 fully saturated rings. The summed E-state index contributed by atoms with van der Waals surface area (Å²) in [7, 11) is 1.81. The van der Waals surface area contributed by atoms with Gasteiger partial charge in [-0.25, -0.2) is 0 Å². The van der Waals surface area contributed by atoms with Crippen molar-refractivity contribution in [2.45, 2.75) is 31.9 Å². The van der Waals surface area contributed by atoms with Gasteiger partial charge in [-0.1, -0.05) is 6.92 Å². The monoisotopic (exact) mass is 268 g/mol. The molecule has 2 atom stereocenters. The molecule has 0 spiro atoms. The zero-order valence-corrected chi connectivity index (χ0v) is 12.0. The number of methoxy groups -OCH3 is 1. The van der Waals surface area contributed by atoms with Crippen molar-refractivity contribution in [1.82, 2.24) is 4.90 Å². The summed E-state index contributed by atoms with van der Waals surface area (Å²) in [5.41, 5.74) is 5.81. The Morgan fingerprint density at radius 3 is 2.81 bits per heavy atom. The Morgan fingerprint density at radius 1 is 1.50 bits per heavy atom. The summed E-state index contributed by atoms with van der Waals surface area (Å²) in [5, 5.41) is 0. The predicted molar refractivity (Wildman–Crippen MR) is 74.7 cm³/mol. The highest BCUT2D eigenvalue weighted by molar-refractivity contribution is 7.99. The second-order valence-electron chi connectivity index (χ2n) is 4.00. The van der Waals surface area contributed by atoms with E-state index in [2.05, 4.69) is 11.8 Å². The lowest BCUT2D eigenvalue weighted by Gasteiger charge is -2.38. The van der Waals surface area contributed by atoms with Crippen molar-refractivity contribution in [2.75, 3.05) is 38.2 Å². The van der Waals surface area contributed by atoms with Crippen molar-refractivity contribution in [3.63, 3.8) is 0 Å². The lowest BCUT2D eigenvalue weighted by atomic mass is 9.99. The molecule has 98 valence electrons. The minimum atomic E-state index is 0. The smallest absolute Gasteiger partial charge is 0.0599 e. The molecule has 1 rings (SSSR count). The third-order valence-corrected chi connectivity index (χ3v) is 4.00. The fraction of sp³-hybridized carbons (Fsp3) is 1.00. The van der Waals surface area contributed by atoms with Gasteiger partial charge in [0.25, 0.3) is 0 Å². The minimum absolute atomic E-state index is 0. The van der Waals surface area contributed by atoms with Crippen molar-refractivity contribution >= 4 is 24.2 Å². The van der Waals surface area contributed by atoms with Gasteiger partial charge in [-0.15, -0.1) is 12.4 Å². The molecule has 5 heteroatoms. The zero-order valence-electron chi connectivity index (χ0n) is 10.4. The Kier molecular flexibility index (Phi) is 9.85. The molecule has 0 amide bonds. The quantitative estimate of drug-likeness (QED) is 0.743. The molecule has 2 N–H and O–H groups in total. The molecule has 0 saturated carbocycles. The van der Waals surface area contributed by atoms with Gasteiger partial charge in [0.15, 0.2) is 0 Å². The molecule has 0 radical (unpaired) electrons. The van der Waals surface area contributed by atoms with Crippen LogP contribution in [0.5, 0.6) is 0 Å². The summed E-state index contributed by atoms with van der Waals surface area (Å²) in [6, 6.07) is 0.529. The maximum Gasteiger partial charge on any atom is 0.0599 e. The minimum Gasteiger partial charge on any atom is -0.381 e. The van der Waals surface area contributed by atoms with Crippen LogP contribution in [0.1, 0.15) is 19.8 Å². The lowest BCUT2D eigenvalue weighted by molar-refractivity contribution is 0.0158. The van der Waals surface area contributed by atoms with Crippen LogP contribution < -0.4 is 5.73 Å². The van der Waals surface area contributed by atoms with Crippen molar-refractivity contribution in [2.24, 2.45) is 5.73 Å². The van der Waals surface area contributed by atoms with Crippen LogP contribution in [0, 0.1) is 0 Å². The highest BCUT2D eigenvalue weighted by atomic mass is 35.5. The van der Waals surface area contributed by atoms with E-state index in [0.29, 0.717) is 12.1 Å². The Bertz CT molecular complexity index is 172. The second kappa shape index (κ2) is 9.54. The normalized spacial score (nSPS) is 26.4. The molecule has 3 nitrogen and oxygen atoms in total. The number of halogens is 1. The van der Waals surface area contributed by atoms with E-state index in [9.17, 15) is 0 Å². The van der Waals surface area contributed by atoms with Gasteiger partial charge in [0, 0.05) is 38.5 Å². The van der Waals surface area contributed by atoms with Crippen LogP contribution in [0.3, 0.4) is 0 Å². The molecule has 0 aliphatic carbocycles. The van der Waals surface area contributed by atoms with E-state index < -0.39 is 0 Å². The highest BCUT2D eigenvalue weighted by Crippen LogP contribution is 2.19. The van der Waals surface area contributed by atoms with Gasteiger partial charge in [0.2, 0.25) is 0 Å². The van der Waals surface area contributed by atoms with Crippen LogP contribution in [0.4, 0.5) is 0 Å². The van der Waals surface area contributed by atoms with Crippen molar-refractivity contribution in [1.29, 1.82) is 0 Å². The summed E-state index contributed by atoms with van der Waals surface area (Å²) in [5.74, 6) is 2.44. The maximum atomic E-state index is 5.81. The first-order valence-corrected chi connectivity index (χ1v) is 7.02. The van der Waals surface area contributed by atoms with E-state index in [1.165, 1.54) is 18.1 Å². The molecule has 0 bridgehead atoms. The van der Waals surface area contributed by atoms with Gasteiger partial charge in [0.05, 0.1) is 6.10 Å². The topological polar surface area (TPSA) is 38.5 Å². The van der Waals surface area contributed by atoms with Gasteiger partial charge in [-0.05, 0) is 18.6 Å². The van der Waals surface area contributed by atoms with E-state index >= 15 is 0 Å². The van der Waals surface area contributed by atoms with Crippen LogP contribution in [-0.4, -0.2) is 55.3 Å². The Hall–Kier alpha value is 0.520. The molecular formula is C11H25ClN2OS. The number of piperidine rings is 1. The molecular weight excluding hydrogens is 244 g/mol. The summed E-state index contributed by atoms with van der Waals surface area (Å²) in [4.78, 5) is 2.53. The van der Waals surface area contributed by atoms with Crippen molar-refractivity contribution in [3.8, 4) is 0 Å². The standard InChI is InChI=1S/C11H24N2OS.ClH/c1-3-15-7-6-13-5-4-11(14-2)8-10(13)9-12;/h10-11H,3-9,12H2,1-2H3;1H. The predicted octanol–water partition coefficient (Wildman–Crippen LogP) is 1.60. The largest absolute Gasteiger partial charge is 0.381 e. The first kappa shape index (κ1) is 16.5. The summed E-state index contributed by atoms with van der Waals surface area (Å²) in [6.07, 6.45) is 2.68. The van der Waals surface area contributed by atoms with Gasteiger partial charge in [-0.3, -0.25) is 4.90 Å². The number of rotatable bonds is 6. The highest BCUT2D eigenvalue weighted by Gasteiger charge is 2.26. The number of likely N-dealkylation sites (tertiary alicyclic amines) is 1. The molecule has 1 heterocycles. The Labute approximate surface area is 110 Å². The van der Waals surface area contributed by atoms with Crippen LogP contribution in [-0.2, 0) is 4.74 Å². The van der Waals surface area contributed by atoms with Crippen molar-refractivity contribution < 1.29 is 4.74 Å². The first-order valence-electron chi connectivity index (χ1n) is 5.86. The van der Waals surface area contributed by atoms with Gasteiger partial charge in [0.1, 0.15) is 0 Å². The van der Waals surface area contributed by atoms with E-state index in [1.807, 2.05) is 11.8 Å². The third-order valence-electron chi connectivity index (χ3n) is 3.12. The Morgan fingerprint density at radius 2 is 2.25 bits per heavy atom. The van der Waals surface area contributed by atoms with Crippen LogP contribution in [0.15, 0.2) is 0 Å². The number of nitrogens with zero attached hydrogens (tertiary/aromatic N) is 1. The number of thioether (sulfide) groups is 1. The molecule has 16 heavy (non-hydrogen) atoms. The zero-order chi connectivity index (χ0) is 11.1. The summed E-state index contributed by atoms with van der Waals surface area (Å²) in [6.45, 7) is 5.29. The van der Waals surface area contributed by atoms with Crippen LogP contribution in [0.25, 0.3) is 0 Å². The van der Waals surface area contributed by atoms with Crippen molar-refractivity contribution in [3.05, 3.63) is 0 Å². The third kappa shape index (κ3) is 5.23. The Balaban J connectivity index is 0.00000225. The van der Waals surface area contributed by atoms with Gasteiger partial charge < -0.3 is 10.5 Å². The fourth-order valence-electron chi connectivity index (χ4n) is 2.14.